The van der Waals surface area contributed by atoms with Crippen LogP contribution in [0.1, 0.15) is 15.9 Å². The summed E-state index contributed by atoms with van der Waals surface area (Å²) in [6.07, 6.45) is 5.37. The van der Waals surface area contributed by atoms with Gasteiger partial charge in [0.25, 0.3) is 5.91 Å². The zero-order chi connectivity index (χ0) is 16.4. The maximum Gasteiger partial charge on any atom is 0.251 e. The van der Waals surface area contributed by atoms with E-state index in [4.69, 9.17) is 9.47 Å². The van der Waals surface area contributed by atoms with Crippen molar-refractivity contribution in [3.05, 3.63) is 72.3 Å². The monoisotopic (exact) mass is 321 g/mol. The van der Waals surface area contributed by atoms with Crippen molar-refractivity contribution in [3.63, 3.8) is 0 Å². The fourth-order valence-electron chi connectivity index (χ4n) is 2.52. The molecule has 0 radical (unpaired) electrons. The molecule has 0 unspecified atom stereocenters. The van der Waals surface area contributed by atoms with Crippen LogP contribution in [0, 0.1) is 0 Å². The molecule has 4 rings (SSSR count). The molecule has 1 amide bonds. The maximum atomic E-state index is 12.3. The second-order valence-corrected chi connectivity index (χ2v) is 5.39. The number of aromatic nitrogens is 2. The number of imidazole rings is 1. The Kier molecular flexibility index (Phi) is 3.63. The molecule has 120 valence electrons. The maximum absolute atomic E-state index is 12.3. The zero-order valence-corrected chi connectivity index (χ0v) is 12.8. The lowest BCUT2D eigenvalue weighted by molar-refractivity contribution is 0.0950. The van der Waals surface area contributed by atoms with Crippen molar-refractivity contribution in [1.82, 2.24) is 14.9 Å². The molecule has 0 saturated heterocycles. The standard InChI is InChI=1S/C18H15N3O3/c22-18(14-3-6-16-17(9-14)24-12-23-16)20-10-13-1-4-15(5-2-13)21-8-7-19-11-21/h1-9,11H,10,12H2,(H,20,22). The Hall–Kier alpha value is -3.28. The number of nitrogens with zero attached hydrogens (tertiary/aromatic N) is 2. The van der Waals surface area contributed by atoms with Gasteiger partial charge in [-0.25, -0.2) is 4.98 Å². The van der Waals surface area contributed by atoms with Crippen molar-refractivity contribution in [1.29, 1.82) is 0 Å². The van der Waals surface area contributed by atoms with Gasteiger partial charge in [-0.1, -0.05) is 12.1 Å². The third kappa shape index (κ3) is 2.81. The van der Waals surface area contributed by atoms with Gasteiger partial charge in [-0.15, -0.1) is 0 Å². The highest BCUT2D eigenvalue weighted by Crippen LogP contribution is 2.32. The first-order valence-electron chi connectivity index (χ1n) is 7.55. The summed E-state index contributed by atoms with van der Waals surface area (Å²) >= 11 is 0. The molecule has 24 heavy (non-hydrogen) atoms. The third-order valence-electron chi connectivity index (χ3n) is 3.83. The van der Waals surface area contributed by atoms with E-state index in [1.165, 1.54) is 0 Å². The molecule has 0 fully saturated rings. The summed E-state index contributed by atoms with van der Waals surface area (Å²) in [6, 6.07) is 13.1. The molecular weight excluding hydrogens is 306 g/mol. The average molecular weight is 321 g/mol. The zero-order valence-electron chi connectivity index (χ0n) is 12.8. The van der Waals surface area contributed by atoms with Gasteiger partial charge in [0.1, 0.15) is 0 Å². The molecule has 3 aromatic rings. The van der Waals surface area contributed by atoms with Crippen molar-refractivity contribution < 1.29 is 14.3 Å². The van der Waals surface area contributed by atoms with E-state index >= 15 is 0 Å². The Balaban J connectivity index is 1.40. The van der Waals surface area contributed by atoms with Crippen LogP contribution in [-0.4, -0.2) is 22.3 Å². The van der Waals surface area contributed by atoms with Gasteiger partial charge < -0.3 is 19.4 Å². The Bertz CT molecular complexity index is 858. The predicted octanol–water partition coefficient (Wildman–Crippen LogP) is 2.53. The fourth-order valence-corrected chi connectivity index (χ4v) is 2.52. The minimum absolute atomic E-state index is 0.146. The molecule has 2 aromatic carbocycles. The molecule has 1 aromatic heterocycles. The van der Waals surface area contributed by atoms with E-state index in [2.05, 4.69) is 10.3 Å². The normalized spacial score (nSPS) is 12.2. The Labute approximate surface area is 138 Å². The molecule has 1 aliphatic rings. The van der Waals surface area contributed by atoms with Crippen molar-refractivity contribution >= 4 is 5.91 Å². The van der Waals surface area contributed by atoms with Crippen LogP contribution >= 0.6 is 0 Å². The minimum atomic E-state index is -0.146. The first-order valence-corrected chi connectivity index (χ1v) is 7.55. The lowest BCUT2D eigenvalue weighted by Gasteiger charge is -2.07. The summed E-state index contributed by atoms with van der Waals surface area (Å²) in [6.45, 7) is 0.654. The number of nitrogens with one attached hydrogen (secondary N) is 1. The number of benzene rings is 2. The van der Waals surface area contributed by atoms with Crippen LogP contribution in [0.4, 0.5) is 0 Å². The summed E-state index contributed by atoms with van der Waals surface area (Å²) in [5.41, 5.74) is 2.60. The number of rotatable bonds is 4. The van der Waals surface area contributed by atoms with Crippen LogP contribution in [-0.2, 0) is 6.54 Å². The number of carbonyl (C=O) groups is 1. The topological polar surface area (TPSA) is 65.4 Å². The fraction of sp³-hybridized carbons (Fsp3) is 0.111. The van der Waals surface area contributed by atoms with E-state index in [1.807, 2.05) is 35.0 Å². The summed E-state index contributed by atoms with van der Waals surface area (Å²) in [7, 11) is 0. The molecule has 0 bridgehead atoms. The van der Waals surface area contributed by atoms with Gasteiger partial charge in [0.05, 0.1) is 6.33 Å². The van der Waals surface area contributed by atoms with Crippen LogP contribution in [0.5, 0.6) is 11.5 Å². The van der Waals surface area contributed by atoms with Gasteiger partial charge in [0.2, 0.25) is 6.79 Å². The lowest BCUT2D eigenvalue weighted by atomic mass is 10.1. The molecule has 1 aliphatic heterocycles. The largest absolute Gasteiger partial charge is 0.454 e. The van der Waals surface area contributed by atoms with Gasteiger partial charge in [0.15, 0.2) is 11.5 Å². The number of ether oxygens (including phenoxy) is 2. The lowest BCUT2D eigenvalue weighted by Crippen LogP contribution is -2.22. The van der Waals surface area contributed by atoms with Gasteiger partial charge in [-0.2, -0.15) is 0 Å². The second kappa shape index (κ2) is 6.08. The van der Waals surface area contributed by atoms with E-state index in [0.29, 0.717) is 23.6 Å². The van der Waals surface area contributed by atoms with Gasteiger partial charge >= 0.3 is 0 Å². The van der Waals surface area contributed by atoms with E-state index in [9.17, 15) is 4.79 Å². The smallest absolute Gasteiger partial charge is 0.251 e. The van der Waals surface area contributed by atoms with Crippen LogP contribution in [0.2, 0.25) is 0 Å². The Morgan fingerprint density at radius 2 is 1.96 bits per heavy atom. The average Bonchev–Trinajstić information content (AvgIpc) is 3.30. The van der Waals surface area contributed by atoms with E-state index < -0.39 is 0 Å². The van der Waals surface area contributed by atoms with Gasteiger partial charge in [-0.3, -0.25) is 4.79 Å². The van der Waals surface area contributed by atoms with Crippen molar-refractivity contribution in [2.75, 3.05) is 6.79 Å². The van der Waals surface area contributed by atoms with Crippen molar-refractivity contribution in [3.8, 4) is 17.2 Å². The molecule has 1 N–H and O–H groups in total. The summed E-state index contributed by atoms with van der Waals surface area (Å²) < 4.78 is 12.5. The predicted molar refractivity (Wildman–Crippen MR) is 87.3 cm³/mol. The molecule has 2 heterocycles. The number of carbonyl (C=O) groups excluding carboxylic acids is 1. The van der Waals surface area contributed by atoms with E-state index in [1.54, 1.807) is 30.7 Å². The van der Waals surface area contributed by atoms with Gasteiger partial charge in [0, 0.05) is 30.2 Å². The number of amides is 1. The molecule has 0 atom stereocenters. The molecule has 6 heteroatoms. The molecule has 0 saturated carbocycles. The number of hydrogen-bond acceptors (Lipinski definition) is 4. The Morgan fingerprint density at radius 1 is 1.12 bits per heavy atom. The van der Waals surface area contributed by atoms with E-state index in [0.717, 1.165) is 11.3 Å². The summed E-state index contributed by atoms with van der Waals surface area (Å²) in [4.78, 5) is 16.3. The Morgan fingerprint density at radius 3 is 2.75 bits per heavy atom. The minimum Gasteiger partial charge on any atom is -0.454 e. The summed E-state index contributed by atoms with van der Waals surface area (Å²) in [5, 5.41) is 2.91. The summed E-state index contributed by atoms with van der Waals surface area (Å²) in [5.74, 6) is 1.13. The second-order valence-electron chi connectivity index (χ2n) is 5.39. The van der Waals surface area contributed by atoms with Crippen molar-refractivity contribution in [2.45, 2.75) is 6.54 Å². The van der Waals surface area contributed by atoms with Crippen LogP contribution in [0.3, 0.4) is 0 Å². The number of hydrogen-bond donors (Lipinski definition) is 1. The first kappa shape index (κ1) is 14.3. The molecule has 0 spiro atoms. The molecular formula is C18H15N3O3. The van der Waals surface area contributed by atoms with E-state index in [-0.39, 0.29) is 12.7 Å². The highest BCUT2D eigenvalue weighted by atomic mass is 16.7. The molecule has 6 nitrogen and oxygen atoms in total. The van der Waals surface area contributed by atoms with Crippen LogP contribution in [0.15, 0.2) is 61.2 Å². The molecule has 0 aliphatic carbocycles. The SMILES string of the molecule is O=C(NCc1ccc(-n2ccnc2)cc1)c1ccc2c(c1)OCO2. The van der Waals surface area contributed by atoms with Crippen molar-refractivity contribution in [2.24, 2.45) is 0 Å². The third-order valence-corrected chi connectivity index (χ3v) is 3.83. The first-order chi connectivity index (χ1) is 11.8. The van der Waals surface area contributed by atoms with Gasteiger partial charge in [-0.05, 0) is 35.9 Å². The highest BCUT2D eigenvalue weighted by molar-refractivity contribution is 5.94. The number of fused-ring (bicyclic) bond motifs is 1. The van der Waals surface area contributed by atoms with Crippen LogP contribution < -0.4 is 14.8 Å². The van der Waals surface area contributed by atoms with Crippen LogP contribution in [0.25, 0.3) is 5.69 Å². The highest BCUT2D eigenvalue weighted by Gasteiger charge is 2.16. The quantitative estimate of drug-likeness (QED) is 0.802.